The number of ether oxygens (including phenoxy) is 1. The minimum atomic E-state index is 0.0731. The Bertz CT molecular complexity index is 1100. The number of halogens is 1. The Balaban J connectivity index is 1.13. The van der Waals surface area contributed by atoms with Crippen LogP contribution in [0.1, 0.15) is 60.9 Å². The summed E-state index contributed by atoms with van der Waals surface area (Å²) in [5, 5.41) is 3.93. The van der Waals surface area contributed by atoms with Crippen molar-refractivity contribution in [1.82, 2.24) is 20.1 Å². The SMILES string of the molecule is O=C(NCCCCCCN1CCOCC1)N1CCC(=C2c3ccc(Cl)cc3CCc3cccnc32)CC1. The van der Waals surface area contributed by atoms with Gasteiger partial charge in [0.05, 0.1) is 18.9 Å². The first-order valence-corrected chi connectivity index (χ1v) is 14.3. The number of nitrogens with one attached hydrogen (secondary N) is 1. The number of carbonyl (C=O) groups is 1. The Hall–Kier alpha value is -2.41. The van der Waals surface area contributed by atoms with E-state index >= 15 is 0 Å². The lowest BCUT2D eigenvalue weighted by atomic mass is 9.88. The molecular formula is C30H39ClN4O2. The van der Waals surface area contributed by atoms with Gasteiger partial charge in [-0.15, -0.1) is 0 Å². The summed E-state index contributed by atoms with van der Waals surface area (Å²) >= 11 is 6.35. The van der Waals surface area contributed by atoms with Crippen LogP contribution in [0.4, 0.5) is 4.79 Å². The van der Waals surface area contributed by atoms with E-state index in [0.29, 0.717) is 0 Å². The molecule has 0 spiro atoms. The van der Waals surface area contributed by atoms with Crippen LogP contribution in [-0.2, 0) is 17.6 Å². The van der Waals surface area contributed by atoms with Crippen LogP contribution in [0.15, 0.2) is 42.1 Å². The maximum absolute atomic E-state index is 12.8. The molecule has 2 aromatic rings. The number of benzene rings is 1. The fourth-order valence-electron chi connectivity index (χ4n) is 5.81. The smallest absolute Gasteiger partial charge is 0.317 e. The summed E-state index contributed by atoms with van der Waals surface area (Å²) in [6.07, 6.45) is 10.2. The Morgan fingerprint density at radius 1 is 0.946 bits per heavy atom. The number of piperidine rings is 1. The molecule has 3 aliphatic rings. The second kappa shape index (κ2) is 12.9. The molecule has 2 amide bonds. The molecule has 1 aliphatic carbocycles. The molecular weight excluding hydrogens is 484 g/mol. The van der Waals surface area contributed by atoms with Crippen molar-refractivity contribution in [3.8, 4) is 0 Å². The van der Waals surface area contributed by atoms with Crippen molar-refractivity contribution in [3.63, 3.8) is 0 Å². The number of aryl methyl sites for hydroxylation is 2. The van der Waals surface area contributed by atoms with Crippen molar-refractivity contribution in [1.29, 1.82) is 0 Å². The molecule has 37 heavy (non-hydrogen) atoms. The summed E-state index contributed by atoms with van der Waals surface area (Å²) < 4.78 is 5.41. The van der Waals surface area contributed by atoms with Crippen molar-refractivity contribution < 1.29 is 9.53 Å². The normalized spacial score (nSPS) is 18.2. The minimum absolute atomic E-state index is 0.0731. The highest BCUT2D eigenvalue weighted by molar-refractivity contribution is 6.30. The van der Waals surface area contributed by atoms with Crippen molar-refractivity contribution in [3.05, 3.63) is 69.5 Å². The van der Waals surface area contributed by atoms with Crippen LogP contribution in [0, 0.1) is 0 Å². The molecule has 7 heteroatoms. The Morgan fingerprint density at radius 3 is 2.57 bits per heavy atom. The van der Waals surface area contributed by atoms with Crippen LogP contribution in [0.25, 0.3) is 5.57 Å². The molecule has 1 aromatic heterocycles. The summed E-state index contributed by atoms with van der Waals surface area (Å²) in [5.74, 6) is 0. The number of pyridine rings is 1. The van der Waals surface area contributed by atoms with Crippen LogP contribution >= 0.6 is 11.6 Å². The molecule has 0 saturated carbocycles. The summed E-state index contributed by atoms with van der Waals surface area (Å²) in [4.78, 5) is 22.1. The Labute approximate surface area is 226 Å². The second-order valence-corrected chi connectivity index (χ2v) is 10.8. The van der Waals surface area contributed by atoms with E-state index < -0.39 is 0 Å². The third kappa shape index (κ3) is 6.73. The van der Waals surface area contributed by atoms with E-state index in [9.17, 15) is 4.79 Å². The van der Waals surface area contributed by atoms with Crippen LogP contribution in [-0.4, -0.2) is 73.3 Å². The van der Waals surface area contributed by atoms with Crippen LogP contribution in [0.2, 0.25) is 5.02 Å². The van der Waals surface area contributed by atoms with E-state index in [1.807, 2.05) is 23.2 Å². The topological polar surface area (TPSA) is 57.7 Å². The van der Waals surface area contributed by atoms with Gasteiger partial charge in [-0.25, -0.2) is 4.79 Å². The van der Waals surface area contributed by atoms with E-state index in [2.05, 4.69) is 28.4 Å². The molecule has 2 fully saturated rings. The predicted molar refractivity (Wildman–Crippen MR) is 149 cm³/mol. The molecule has 0 bridgehead atoms. The number of hydrogen-bond donors (Lipinski definition) is 1. The fourth-order valence-corrected chi connectivity index (χ4v) is 6.00. The molecule has 0 radical (unpaired) electrons. The number of hydrogen-bond acceptors (Lipinski definition) is 4. The number of unbranched alkanes of at least 4 members (excludes halogenated alkanes) is 3. The van der Waals surface area contributed by atoms with Gasteiger partial charge in [-0.1, -0.05) is 42.1 Å². The van der Waals surface area contributed by atoms with E-state index in [-0.39, 0.29) is 6.03 Å². The molecule has 2 aliphatic heterocycles. The highest BCUT2D eigenvalue weighted by Crippen LogP contribution is 2.38. The number of carbonyl (C=O) groups excluding carboxylic acids is 1. The number of urea groups is 1. The molecule has 2 saturated heterocycles. The lowest BCUT2D eigenvalue weighted by Crippen LogP contribution is -2.43. The molecule has 1 aromatic carbocycles. The molecule has 0 atom stereocenters. The van der Waals surface area contributed by atoms with Gasteiger partial charge in [-0.2, -0.15) is 0 Å². The first kappa shape index (κ1) is 26.2. The number of morpholine rings is 1. The summed E-state index contributed by atoms with van der Waals surface area (Å²) in [7, 11) is 0. The van der Waals surface area contributed by atoms with Crippen molar-refractivity contribution in [2.75, 3.05) is 52.5 Å². The van der Waals surface area contributed by atoms with Gasteiger partial charge in [0.2, 0.25) is 0 Å². The number of rotatable bonds is 7. The average Bonchev–Trinajstić information content (AvgIpc) is 3.09. The lowest BCUT2D eigenvalue weighted by molar-refractivity contribution is 0.0371. The Morgan fingerprint density at radius 2 is 1.73 bits per heavy atom. The van der Waals surface area contributed by atoms with Crippen molar-refractivity contribution in [2.45, 2.75) is 51.4 Å². The minimum Gasteiger partial charge on any atom is -0.379 e. The number of nitrogens with zero attached hydrogens (tertiary/aromatic N) is 3. The second-order valence-electron chi connectivity index (χ2n) is 10.4. The number of aromatic nitrogens is 1. The van der Waals surface area contributed by atoms with E-state index in [1.165, 1.54) is 47.2 Å². The Kier molecular flexibility index (Phi) is 9.14. The van der Waals surface area contributed by atoms with Gasteiger partial charge >= 0.3 is 6.03 Å². The number of amides is 2. The molecule has 198 valence electrons. The van der Waals surface area contributed by atoms with Gasteiger partial charge in [0.25, 0.3) is 0 Å². The lowest BCUT2D eigenvalue weighted by Gasteiger charge is -2.30. The van der Waals surface area contributed by atoms with E-state index in [4.69, 9.17) is 21.3 Å². The van der Waals surface area contributed by atoms with Crippen LogP contribution in [0.3, 0.4) is 0 Å². The van der Waals surface area contributed by atoms with Gasteiger partial charge in [-0.05, 0) is 80.0 Å². The molecule has 3 heterocycles. The zero-order valence-corrected chi connectivity index (χ0v) is 22.6. The summed E-state index contributed by atoms with van der Waals surface area (Å²) in [5.41, 5.74) is 7.60. The number of fused-ring (bicyclic) bond motifs is 2. The quantitative estimate of drug-likeness (QED) is 0.499. The highest BCUT2D eigenvalue weighted by atomic mass is 35.5. The third-order valence-corrected chi connectivity index (χ3v) is 8.15. The van der Waals surface area contributed by atoms with Crippen LogP contribution < -0.4 is 5.32 Å². The monoisotopic (exact) mass is 522 g/mol. The maximum Gasteiger partial charge on any atom is 0.317 e. The zero-order valence-electron chi connectivity index (χ0n) is 21.8. The predicted octanol–water partition coefficient (Wildman–Crippen LogP) is 5.33. The first-order chi connectivity index (χ1) is 18.2. The van der Waals surface area contributed by atoms with Gasteiger partial charge in [0.1, 0.15) is 0 Å². The summed E-state index contributed by atoms with van der Waals surface area (Å²) in [6.45, 7) is 7.28. The van der Waals surface area contributed by atoms with E-state index in [1.54, 1.807) is 0 Å². The molecule has 1 N–H and O–H groups in total. The van der Waals surface area contributed by atoms with Crippen LogP contribution in [0.5, 0.6) is 0 Å². The molecule has 0 unspecified atom stereocenters. The van der Waals surface area contributed by atoms with Gasteiger partial charge in [-0.3, -0.25) is 9.88 Å². The molecule has 5 rings (SSSR count). The first-order valence-electron chi connectivity index (χ1n) is 14.0. The third-order valence-electron chi connectivity index (χ3n) is 7.92. The van der Waals surface area contributed by atoms with Gasteiger partial charge in [0.15, 0.2) is 0 Å². The van der Waals surface area contributed by atoms with Crippen molar-refractivity contribution >= 4 is 23.2 Å². The largest absolute Gasteiger partial charge is 0.379 e. The highest BCUT2D eigenvalue weighted by Gasteiger charge is 2.26. The molecule has 6 nitrogen and oxygen atoms in total. The standard InChI is InChI=1S/C30H39ClN4O2/c31-26-9-10-27-25(22-26)8-7-24-6-5-14-32-29(24)28(27)23-11-16-35(17-12-23)30(36)33-13-3-1-2-4-15-34-18-20-37-21-19-34/h5-6,9-10,14,22H,1-4,7-8,11-13,15-21H2,(H,33,36). The summed E-state index contributed by atoms with van der Waals surface area (Å²) in [6, 6.07) is 10.5. The number of likely N-dealkylation sites (tertiary alicyclic amines) is 1. The van der Waals surface area contributed by atoms with Gasteiger partial charge < -0.3 is 15.0 Å². The maximum atomic E-state index is 12.8. The van der Waals surface area contributed by atoms with Crippen molar-refractivity contribution in [2.24, 2.45) is 0 Å². The average molecular weight is 523 g/mol. The fraction of sp³-hybridized carbons (Fsp3) is 0.533. The zero-order chi connectivity index (χ0) is 25.5. The van der Waals surface area contributed by atoms with E-state index in [0.717, 1.165) is 95.2 Å². The van der Waals surface area contributed by atoms with Gasteiger partial charge in [0, 0.05) is 49.5 Å².